The quantitative estimate of drug-likeness (QED) is 0.469. The summed E-state index contributed by atoms with van der Waals surface area (Å²) in [5.41, 5.74) is 0. The Bertz CT molecular complexity index is 278. The summed E-state index contributed by atoms with van der Waals surface area (Å²) in [6.07, 6.45) is 0.424. The van der Waals surface area contributed by atoms with E-state index in [4.69, 9.17) is 16.7 Å². The van der Waals surface area contributed by atoms with Crippen molar-refractivity contribution in [1.82, 2.24) is 5.32 Å². The molecule has 0 amide bonds. The number of rotatable bonds is 9. The highest BCUT2D eigenvalue weighted by Crippen LogP contribution is 1.95. The lowest BCUT2D eigenvalue weighted by Crippen LogP contribution is -2.17. The van der Waals surface area contributed by atoms with E-state index in [9.17, 15) is 13.2 Å². The molecule has 89 valence electrons. The predicted octanol–water partition coefficient (Wildman–Crippen LogP) is 0.109. The van der Waals surface area contributed by atoms with Crippen LogP contribution in [0.4, 0.5) is 0 Å². The minimum atomic E-state index is -3.04. The van der Waals surface area contributed by atoms with Gasteiger partial charge in [0, 0.05) is 19.0 Å². The smallest absolute Gasteiger partial charge is 0.304 e. The normalized spacial score (nSPS) is 11.5. The molecular weight excluding hydrogens is 242 g/mol. The number of nitrogens with zero attached hydrogens (tertiary/aromatic N) is 1. The molecule has 1 N–H and O–H groups in total. The van der Waals surface area contributed by atoms with Crippen LogP contribution in [0.2, 0.25) is 0 Å². The second-order valence-corrected chi connectivity index (χ2v) is 5.69. The molecule has 0 aliphatic carbocycles. The van der Waals surface area contributed by atoms with Gasteiger partial charge >= 0.3 is 5.97 Å². The second-order valence-electron chi connectivity index (χ2n) is 3.01. The number of carboxylic acids is 1. The summed E-state index contributed by atoms with van der Waals surface area (Å²) >= 11 is 5.32. The largest absolute Gasteiger partial charge is 0.481 e. The van der Waals surface area contributed by atoms with Gasteiger partial charge in [0.15, 0.2) is 9.84 Å². The molecule has 0 unspecified atom stereocenters. The van der Waals surface area contributed by atoms with Gasteiger partial charge in [0.2, 0.25) is 0 Å². The highest BCUT2D eigenvalue weighted by molar-refractivity contribution is 7.91. The Balaban J connectivity index is 3.42. The van der Waals surface area contributed by atoms with E-state index >= 15 is 0 Å². The average Bonchev–Trinajstić information content (AvgIpc) is 2.10. The van der Waals surface area contributed by atoms with Crippen molar-refractivity contribution in [2.75, 3.05) is 30.5 Å². The van der Waals surface area contributed by atoms with Crippen LogP contribution in [0.15, 0.2) is 0 Å². The van der Waals surface area contributed by atoms with Crippen LogP contribution in [-0.4, -0.2) is 50.0 Å². The summed E-state index contributed by atoms with van der Waals surface area (Å²) in [5, 5.41) is 12.2. The summed E-state index contributed by atoms with van der Waals surface area (Å²) in [5.74, 6) is -0.730. The van der Waals surface area contributed by atoms with Gasteiger partial charge < -0.3 is 5.11 Å². The molecule has 1 radical (unpaired) electrons. The van der Waals surface area contributed by atoms with Gasteiger partial charge in [-0.05, 0) is 6.42 Å². The molecule has 0 aliphatic heterocycles. The molecule has 0 atom stereocenters. The number of hydrogen-bond donors (Lipinski definition) is 1. The molecule has 7 heteroatoms. The molecule has 15 heavy (non-hydrogen) atoms. The number of sulfone groups is 1. The molecule has 0 fully saturated rings. The van der Waals surface area contributed by atoms with Crippen molar-refractivity contribution in [1.29, 1.82) is 0 Å². The average molecular weight is 257 g/mol. The monoisotopic (exact) mass is 256 g/mol. The van der Waals surface area contributed by atoms with Gasteiger partial charge in [-0.15, -0.1) is 11.6 Å². The lowest BCUT2D eigenvalue weighted by Gasteiger charge is -2.02. The van der Waals surface area contributed by atoms with E-state index < -0.39 is 15.8 Å². The maximum atomic E-state index is 11.2. The van der Waals surface area contributed by atoms with Crippen LogP contribution in [0.1, 0.15) is 12.8 Å². The van der Waals surface area contributed by atoms with Crippen LogP contribution < -0.4 is 5.32 Å². The predicted molar refractivity (Wildman–Crippen MR) is 58.1 cm³/mol. The molecule has 0 spiro atoms. The Morgan fingerprint density at radius 1 is 1.27 bits per heavy atom. The van der Waals surface area contributed by atoms with Crippen LogP contribution in [0.3, 0.4) is 0 Å². The maximum Gasteiger partial charge on any atom is 0.304 e. The standard InChI is InChI=1S/C8H15ClNO4S/c9-3-7-15(13,14)6-1-4-10-5-2-8(11)12/h1-7H2,(H,11,12). The highest BCUT2D eigenvalue weighted by Gasteiger charge is 2.08. The van der Waals surface area contributed by atoms with E-state index in [1.165, 1.54) is 0 Å². The molecule has 0 heterocycles. The number of carbonyl (C=O) groups is 1. The fourth-order valence-corrected chi connectivity index (χ4v) is 2.62. The fraction of sp³-hybridized carbons (Fsp3) is 0.875. The van der Waals surface area contributed by atoms with E-state index in [2.05, 4.69) is 5.32 Å². The van der Waals surface area contributed by atoms with Gasteiger partial charge in [0.25, 0.3) is 0 Å². The summed E-state index contributed by atoms with van der Waals surface area (Å²) < 4.78 is 22.3. The molecule has 0 aromatic heterocycles. The highest BCUT2D eigenvalue weighted by atomic mass is 35.5. The maximum absolute atomic E-state index is 11.2. The number of carboxylic acid groups (broad SMARTS) is 1. The van der Waals surface area contributed by atoms with Crippen LogP contribution >= 0.6 is 11.6 Å². The van der Waals surface area contributed by atoms with Crippen LogP contribution in [-0.2, 0) is 14.6 Å². The number of hydrogen-bond acceptors (Lipinski definition) is 3. The van der Waals surface area contributed by atoms with Gasteiger partial charge in [-0.3, -0.25) is 4.79 Å². The summed E-state index contributed by atoms with van der Waals surface area (Å²) in [4.78, 5) is 10.1. The van der Waals surface area contributed by atoms with E-state index in [0.29, 0.717) is 13.0 Å². The van der Waals surface area contributed by atoms with Crippen molar-refractivity contribution < 1.29 is 18.3 Å². The third kappa shape index (κ3) is 9.96. The van der Waals surface area contributed by atoms with Crippen molar-refractivity contribution in [2.45, 2.75) is 12.8 Å². The first-order valence-corrected chi connectivity index (χ1v) is 6.95. The summed E-state index contributed by atoms with van der Waals surface area (Å²) in [6, 6.07) is 0. The van der Waals surface area contributed by atoms with Crippen LogP contribution in [0.5, 0.6) is 0 Å². The summed E-state index contributed by atoms with van der Waals surface area (Å²) in [7, 11) is -3.04. The Morgan fingerprint density at radius 3 is 2.47 bits per heavy atom. The molecule has 0 aromatic rings. The zero-order chi connectivity index (χ0) is 11.7. The first-order valence-electron chi connectivity index (χ1n) is 4.59. The lowest BCUT2D eigenvalue weighted by atomic mass is 10.4. The van der Waals surface area contributed by atoms with E-state index in [1.807, 2.05) is 0 Å². The Kier molecular flexibility index (Phi) is 7.72. The van der Waals surface area contributed by atoms with Gasteiger partial charge in [-0.25, -0.2) is 13.7 Å². The first kappa shape index (κ1) is 14.7. The van der Waals surface area contributed by atoms with Crippen molar-refractivity contribution >= 4 is 27.4 Å². The van der Waals surface area contributed by atoms with Crippen molar-refractivity contribution in [3.8, 4) is 0 Å². The molecular formula is C8H15ClNO4S. The van der Waals surface area contributed by atoms with Crippen molar-refractivity contribution in [3.05, 3.63) is 0 Å². The SMILES string of the molecule is O=C(O)CC[N]CCCS(=O)(=O)CCCl. The molecule has 0 aromatic carbocycles. The van der Waals surface area contributed by atoms with Gasteiger partial charge in [-0.2, -0.15) is 0 Å². The number of halogens is 1. The number of alkyl halides is 1. The van der Waals surface area contributed by atoms with Crippen LogP contribution in [0, 0.1) is 0 Å². The van der Waals surface area contributed by atoms with E-state index in [-0.39, 0.29) is 30.4 Å². The zero-order valence-corrected chi connectivity index (χ0v) is 9.93. The van der Waals surface area contributed by atoms with E-state index in [0.717, 1.165) is 0 Å². The minimum absolute atomic E-state index is 0.00553. The zero-order valence-electron chi connectivity index (χ0n) is 8.36. The molecule has 0 saturated carbocycles. The van der Waals surface area contributed by atoms with Gasteiger partial charge in [0.1, 0.15) is 0 Å². The topological polar surface area (TPSA) is 85.5 Å². The summed E-state index contributed by atoms with van der Waals surface area (Å²) in [6.45, 7) is 0.625. The Labute approximate surface area is 94.7 Å². The molecule has 0 bridgehead atoms. The first-order chi connectivity index (χ1) is 6.98. The number of aliphatic carboxylic acids is 1. The molecule has 5 nitrogen and oxygen atoms in total. The lowest BCUT2D eigenvalue weighted by molar-refractivity contribution is -0.136. The third-order valence-electron chi connectivity index (χ3n) is 1.64. The Hall–Kier alpha value is -0.330. The second kappa shape index (κ2) is 7.90. The molecule has 0 rings (SSSR count). The van der Waals surface area contributed by atoms with Crippen LogP contribution in [0.25, 0.3) is 0 Å². The Morgan fingerprint density at radius 2 is 1.93 bits per heavy atom. The van der Waals surface area contributed by atoms with Crippen molar-refractivity contribution in [3.63, 3.8) is 0 Å². The molecule has 0 saturated heterocycles. The van der Waals surface area contributed by atoms with Crippen molar-refractivity contribution in [2.24, 2.45) is 0 Å². The third-order valence-corrected chi connectivity index (χ3v) is 3.79. The fourth-order valence-electron chi connectivity index (χ4n) is 0.902. The molecule has 0 aliphatic rings. The minimum Gasteiger partial charge on any atom is -0.481 e. The van der Waals surface area contributed by atoms with Gasteiger partial charge in [-0.1, -0.05) is 0 Å². The van der Waals surface area contributed by atoms with E-state index in [1.54, 1.807) is 0 Å². The van der Waals surface area contributed by atoms with Gasteiger partial charge in [0.05, 0.1) is 17.9 Å².